The summed E-state index contributed by atoms with van der Waals surface area (Å²) < 4.78 is 1.04. The molecule has 1 aliphatic rings. The summed E-state index contributed by atoms with van der Waals surface area (Å²) in [7, 11) is 0. The molecule has 6 heteroatoms. The number of hydrogen-bond acceptors (Lipinski definition) is 6. The molecule has 4 nitrogen and oxygen atoms in total. The van der Waals surface area contributed by atoms with Crippen molar-refractivity contribution >= 4 is 28.9 Å². The first kappa shape index (κ1) is 13.8. The van der Waals surface area contributed by atoms with E-state index in [-0.39, 0.29) is 0 Å². The van der Waals surface area contributed by atoms with Gasteiger partial charge in [-0.3, -0.25) is 0 Å². The first-order chi connectivity index (χ1) is 9.78. The summed E-state index contributed by atoms with van der Waals surface area (Å²) >= 11 is 3.30. The molecule has 2 aromatic rings. The van der Waals surface area contributed by atoms with E-state index in [0.29, 0.717) is 5.92 Å². The Bertz CT molecular complexity index is 579. The summed E-state index contributed by atoms with van der Waals surface area (Å²) in [6.45, 7) is 5.20. The van der Waals surface area contributed by atoms with Crippen LogP contribution in [-0.4, -0.2) is 21.5 Å². The van der Waals surface area contributed by atoms with Gasteiger partial charge in [0.1, 0.15) is 16.7 Å². The minimum absolute atomic E-state index is 0.563. The van der Waals surface area contributed by atoms with Crippen molar-refractivity contribution < 1.29 is 0 Å². The van der Waals surface area contributed by atoms with Crippen molar-refractivity contribution in [2.75, 3.05) is 11.9 Å². The van der Waals surface area contributed by atoms with Gasteiger partial charge in [0.05, 0.1) is 0 Å². The second kappa shape index (κ2) is 6.10. The zero-order chi connectivity index (χ0) is 13.9. The summed E-state index contributed by atoms with van der Waals surface area (Å²) in [6, 6.07) is 0. The van der Waals surface area contributed by atoms with Crippen LogP contribution in [-0.2, 0) is 0 Å². The minimum Gasteiger partial charge on any atom is -0.370 e. The largest absolute Gasteiger partial charge is 0.370 e. The second-order valence-electron chi connectivity index (χ2n) is 4.96. The van der Waals surface area contributed by atoms with Crippen molar-refractivity contribution in [1.29, 1.82) is 0 Å². The monoisotopic (exact) mass is 306 g/mol. The Balaban J connectivity index is 1.91. The highest BCUT2D eigenvalue weighted by molar-refractivity contribution is 8.01. The van der Waals surface area contributed by atoms with Gasteiger partial charge in [0.2, 0.25) is 0 Å². The van der Waals surface area contributed by atoms with E-state index in [1.807, 2.05) is 11.6 Å². The van der Waals surface area contributed by atoms with Gasteiger partial charge in [0.25, 0.3) is 0 Å². The molecule has 0 unspecified atom stereocenters. The van der Waals surface area contributed by atoms with Gasteiger partial charge in [-0.1, -0.05) is 6.92 Å². The van der Waals surface area contributed by atoms with Crippen LogP contribution in [0.1, 0.15) is 43.5 Å². The highest BCUT2D eigenvalue weighted by Crippen LogP contribution is 2.41. The second-order valence-corrected chi connectivity index (χ2v) is 7.09. The minimum atomic E-state index is 0.563. The van der Waals surface area contributed by atoms with Crippen LogP contribution in [0.2, 0.25) is 0 Å². The van der Waals surface area contributed by atoms with Gasteiger partial charge in [0, 0.05) is 29.6 Å². The molecule has 0 aromatic carbocycles. The lowest BCUT2D eigenvalue weighted by atomic mass is 10.3. The molecular formula is C14H18N4S2. The third kappa shape index (κ3) is 3.12. The lowest BCUT2D eigenvalue weighted by molar-refractivity contribution is 0.853. The van der Waals surface area contributed by atoms with Crippen molar-refractivity contribution in [3.8, 4) is 0 Å². The van der Waals surface area contributed by atoms with E-state index in [9.17, 15) is 0 Å². The standard InChI is InChI=1S/C14H18N4S2/c1-3-6-15-11-9(2)13(20-14-16-7-8-19-14)18-12(17-11)10-4-5-10/h7-8,10H,3-6H2,1-2H3,(H,15,17,18). The van der Waals surface area contributed by atoms with Gasteiger partial charge < -0.3 is 5.32 Å². The molecule has 1 aliphatic carbocycles. The van der Waals surface area contributed by atoms with E-state index >= 15 is 0 Å². The fourth-order valence-electron chi connectivity index (χ4n) is 1.90. The summed E-state index contributed by atoms with van der Waals surface area (Å²) in [4.78, 5) is 13.8. The molecule has 0 atom stereocenters. The predicted octanol–water partition coefficient (Wildman–Crippen LogP) is 4.09. The van der Waals surface area contributed by atoms with Crippen molar-refractivity contribution in [3.63, 3.8) is 0 Å². The van der Waals surface area contributed by atoms with Gasteiger partial charge in [-0.2, -0.15) is 0 Å². The molecule has 2 aromatic heterocycles. The van der Waals surface area contributed by atoms with E-state index in [1.165, 1.54) is 12.8 Å². The van der Waals surface area contributed by atoms with Crippen LogP contribution in [0, 0.1) is 6.92 Å². The van der Waals surface area contributed by atoms with Crippen LogP contribution >= 0.6 is 23.1 Å². The SMILES string of the molecule is CCCNc1nc(C2CC2)nc(Sc2nccs2)c1C. The Morgan fingerprint density at radius 1 is 1.40 bits per heavy atom. The number of aromatic nitrogens is 3. The summed E-state index contributed by atoms with van der Waals surface area (Å²) in [5.41, 5.74) is 1.13. The maximum absolute atomic E-state index is 4.76. The van der Waals surface area contributed by atoms with Gasteiger partial charge in [0.15, 0.2) is 4.34 Å². The molecule has 0 aliphatic heterocycles. The topological polar surface area (TPSA) is 50.7 Å². The van der Waals surface area contributed by atoms with E-state index in [2.05, 4.69) is 24.1 Å². The molecule has 0 radical (unpaired) electrons. The van der Waals surface area contributed by atoms with Crippen LogP contribution in [0.5, 0.6) is 0 Å². The third-order valence-corrected chi connectivity index (χ3v) is 5.17. The quantitative estimate of drug-likeness (QED) is 0.815. The van der Waals surface area contributed by atoms with Gasteiger partial charge in [-0.25, -0.2) is 15.0 Å². The number of nitrogens with one attached hydrogen (secondary N) is 1. The number of thiazole rings is 1. The Morgan fingerprint density at radius 2 is 2.25 bits per heavy atom. The molecule has 1 fully saturated rings. The fraction of sp³-hybridized carbons (Fsp3) is 0.500. The zero-order valence-corrected chi connectivity index (χ0v) is 13.4. The molecule has 0 spiro atoms. The van der Waals surface area contributed by atoms with Crippen LogP contribution < -0.4 is 5.32 Å². The molecule has 106 valence electrons. The first-order valence-corrected chi connectivity index (χ1v) is 8.67. The van der Waals surface area contributed by atoms with E-state index < -0.39 is 0 Å². The third-order valence-electron chi connectivity index (χ3n) is 3.20. The van der Waals surface area contributed by atoms with E-state index in [1.54, 1.807) is 23.1 Å². The number of rotatable bonds is 6. The van der Waals surface area contributed by atoms with E-state index in [4.69, 9.17) is 9.97 Å². The average molecular weight is 306 g/mol. The van der Waals surface area contributed by atoms with Crippen LogP contribution in [0.15, 0.2) is 20.9 Å². The molecule has 0 amide bonds. The number of anilines is 1. The molecule has 0 bridgehead atoms. The van der Waals surface area contributed by atoms with Gasteiger partial charge >= 0.3 is 0 Å². The molecule has 2 heterocycles. The maximum atomic E-state index is 4.76. The molecule has 20 heavy (non-hydrogen) atoms. The van der Waals surface area contributed by atoms with Gasteiger partial charge in [-0.05, 0) is 37.9 Å². The fourth-order valence-corrected chi connectivity index (χ4v) is 3.52. The molecule has 0 saturated heterocycles. The molecular weight excluding hydrogens is 288 g/mol. The highest BCUT2D eigenvalue weighted by Gasteiger charge is 2.28. The van der Waals surface area contributed by atoms with E-state index in [0.717, 1.165) is 39.5 Å². The Kier molecular flexibility index (Phi) is 4.21. The summed E-state index contributed by atoms with van der Waals surface area (Å²) in [5, 5.41) is 6.46. The smallest absolute Gasteiger partial charge is 0.156 e. The Labute approximate surface area is 127 Å². The Morgan fingerprint density at radius 3 is 2.90 bits per heavy atom. The Hall–Kier alpha value is -1.14. The zero-order valence-electron chi connectivity index (χ0n) is 11.7. The van der Waals surface area contributed by atoms with Crippen molar-refractivity contribution in [3.05, 3.63) is 23.0 Å². The normalized spacial score (nSPS) is 14.5. The van der Waals surface area contributed by atoms with Crippen LogP contribution in [0.4, 0.5) is 5.82 Å². The average Bonchev–Trinajstić information content (AvgIpc) is 3.18. The van der Waals surface area contributed by atoms with Crippen molar-refractivity contribution in [1.82, 2.24) is 15.0 Å². The number of nitrogens with zero attached hydrogens (tertiary/aromatic N) is 3. The van der Waals surface area contributed by atoms with Crippen LogP contribution in [0.3, 0.4) is 0 Å². The summed E-state index contributed by atoms with van der Waals surface area (Å²) in [6.07, 6.45) is 5.37. The van der Waals surface area contributed by atoms with Crippen LogP contribution in [0.25, 0.3) is 0 Å². The number of hydrogen-bond donors (Lipinski definition) is 1. The van der Waals surface area contributed by atoms with Crippen molar-refractivity contribution in [2.24, 2.45) is 0 Å². The molecule has 1 N–H and O–H groups in total. The van der Waals surface area contributed by atoms with Gasteiger partial charge in [-0.15, -0.1) is 11.3 Å². The molecule has 1 saturated carbocycles. The first-order valence-electron chi connectivity index (χ1n) is 6.97. The lowest BCUT2D eigenvalue weighted by Crippen LogP contribution is -2.08. The predicted molar refractivity (Wildman–Crippen MR) is 83.8 cm³/mol. The molecule has 3 rings (SSSR count). The van der Waals surface area contributed by atoms with Crippen molar-refractivity contribution in [2.45, 2.75) is 48.4 Å². The highest BCUT2D eigenvalue weighted by atomic mass is 32.2. The maximum Gasteiger partial charge on any atom is 0.156 e. The summed E-state index contributed by atoms with van der Waals surface area (Å²) in [5.74, 6) is 2.55. The lowest BCUT2D eigenvalue weighted by Gasteiger charge is -2.12.